The zero-order chi connectivity index (χ0) is 14.9. The first-order valence-electron chi connectivity index (χ1n) is 6.50. The monoisotopic (exact) mass is 294 g/mol. The van der Waals surface area contributed by atoms with E-state index in [0.717, 1.165) is 17.2 Å². The van der Waals surface area contributed by atoms with Crippen molar-refractivity contribution in [3.05, 3.63) is 30.0 Å². The summed E-state index contributed by atoms with van der Waals surface area (Å²) in [5.41, 5.74) is 1.60. The molecule has 0 amide bonds. The lowest BCUT2D eigenvalue weighted by Gasteiger charge is -2.06. The van der Waals surface area contributed by atoms with Gasteiger partial charge in [0.1, 0.15) is 5.25 Å². The molecule has 0 aliphatic heterocycles. The molecule has 2 aromatic rings. The standard InChI is InChI=1S/C14H18N2O3S/c1-4-16-13-8-6-5-7-11(13)12(15-16)9-14(17)10(2)20(3,18)19/h5-8,10H,4,9H2,1-3H3. The van der Waals surface area contributed by atoms with Gasteiger partial charge in [0.2, 0.25) is 0 Å². The van der Waals surface area contributed by atoms with Gasteiger partial charge in [-0.05, 0) is 19.9 Å². The Kier molecular flexibility index (Phi) is 3.94. The van der Waals surface area contributed by atoms with Crippen molar-refractivity contribution in [2.24, 2.45) is 0 Å². The molecule has 5 nitrogen and oxygen atoms in total. The molecule has 0 aliphatic carbocycles. The van der Waals surface area contributed by atoms with Gasteiger partial charge in [-0.1, -0.05) is 18.2 Å². The zero-order valence-corrected chi connectivity index (χ0v) is 12.6. The Labute approximate surface area is 118 Å². The largest absolute Gasteiger partial charge is 0.298 e. The van der Waals surface area contributed by atoms with Crippen molar-refractivity contribution in [3.8, 4) is 0 Å². The number of sulfone groups is 1. The lowest BCUT2D eigenvalue weighted by Crippen LogP contribution is -2.27. The van der Waals surface area contributed by atoms with Crippen LogP contribution in [0, 0.1) is 0 Å². The fourth-order valence-electron chi connectivity index (χ4n) is 2.12. The number of para-hydroxylation sites is 1. The molecule has 1 heterocycles. The lowest BCUT2D eigenvalue weighted by atomic mass is 10.1. The molecule has 0 fully saturated rings. The number of ketones is 1. The smallest absolute Gasteiger partial charge is 0.157 e. The van der Waals surface area contributed by atoms with Crippen LogP contribution in [0.3, 0.4) is 0 Å². The van der Waals surface area contributed by atoms with Gasteiger partial charge in [0.25, 0.3) is 0 Å². The average molecular weight is 294 g/mol. The Balaban J connectivity index is 2.38. The van der Waals surface area contributed by atoms with Gasteiger partial charge in [0.15, 0.2) is 15.6 Å². The third kappa shape index (κ3) is 2.75. The van der Waals surface area contributed by atoms with Crippen LogP contribution in [0.15, 0.2) is 24.3 Å². The van der Waals surface area contributed by atoms with Crippen LogP contribution in [0.2, 0.25) is 0 Å². The molecular formula is C14H18N2O3S. The van der Waals surface area contributed by atoms with Crippen molar-refractivity contribution < 1.29 is 13.2 Å². The van der Waals surface area contributed by atoms with E-state index in [4.69, 9.17) is 0 Å². The number of nitrogens with zero attached hydrogens (tertiary/aromatic N) is 2. The van der Waals surface area contributed by atoms with Crippen LogP contribution in [0.4, 0.5) is 0 Å². The molecule has 1 unspecified atom stereocenters. The first kappa shape index (κ1) is 14.7. The number of rotatable bonds is 5. The van der Waals surface area contributed by atoms with Crippen LogP contribution in [0.25, 0.3) is 10.9 Å². The fraction of sp³-hybridized carbons (Fsp3) is 0.429. The van der Waals surface area contributed by atoms with Gasteiger partial charge in [0.05, 0.1) is 17.6 Å². The van der Waals surface area contributed by atoms with Crippen molar-refractivity contribution in [1.29, 1.82) is 0 Å². The molecule has 0 radical (unpaired) electrons. The summed E-state index contributed by atoms with van der Waals surface area (Å²) in [6.45, 7) is 4.11. The van der Waals surface area contributed by atoms with E-state index in [1.165, 1.54) is 6.92 Å². The normalized spacial score (nSPS) is 13.6. The van der Waals surface area contributed by atoms with E-state index >= 15 is 0 Å². The highest BCUT2D eigenvalue weighted by Crippen LogP contribution is 2.19. The molecule has 0 N–H and O–H groups in total. The summed E-state index contributed by atoms with van der Waals surface area (Å²) in [6, 6.07) is 7.65. The Morgan fingerprint density at radius 1 is 1.35 bits per heavy atom. The van der Waals surface area contributed by atoms with Crippen molar-refractivity contribution in [1.82, 2.24) is 9.78 Å². The number of hydrogen-bond acceptors (Lipinski definition) is 4. The van der Waals surface area contributed by atoms with Crippen LogP contribution in [-0.2, 0) is 27.6 Å². The number of carbonyl (C=O) groups excluding carboxylic acids is 1. The molecule has 0 bridgehead atoms. The molecule has 2 rings (SSSR count). The first-order chi connectivity index (χ1) is 9.34. The van der Waals surface area contributed by atoms with E-state index in [9.17, 15) is 13.2 Å². The average Bonchev–Trinajstić information content (AvgIpc) is 2.75. The molecule has 0 saturated carbocycles. The van der Waals surface area contributed by atoms with Crippen LogP contribution < -0.4 is 0 Å². The van der Waals surface area contributed by atoms with Gasteiger partial charge in [0, 0.05) is 18.2 Å². The predicted octanol–water partition coefficient (Wildman–Crippen LogP) is 1.60. The van der Waals surface area contributed by atoms with Gasteiger partial charge in [-0.3, -0.25) is 9.48 Å². The minimum atomic E-state index is -3.36. The Bertz CT molecular complexity index is 747. The lowest BCUT2D eigenvalue weighted by molar-refractivity contribution is -0.117. The fourth-order valence-corrected chi connectivity index (χ4v) is 2.68. The number of benzene rings is 1. The maximum Gasteiger partial charge on any atom is 0.157 e. The number of carbonyl (C=O) groups is 1. The minimum absolute atomic E-state index is 0.0434. The van der Waals surface area contributed by atoms with Crippen LogP contribution in [-0.4, -0.2) is 35.5 Å². The summed E-state index contributed by atoms with van der Waals surface area (Å²) >= 11 is 0. The summed E-state index contributed by atoms with van der Waals surface area (Å²) in [6.07, 6.45) is 1.13. The Hall–Kier alpha value is -1.69. The molecule has 0 aliphatic rings. The molecule has 108 valence electrons. The van der Waals surface area contributed by atoms with Crippen molar-refractivity contribution in [3.63, 3.8) is 0 Å². The molecule has 0 spiro atoms. The van der Waals surface area contributed by atoms with E-state index in [-0.39, 0.29) is 12.2 Å². The predicted molar refractivity (Wildman–Crippen MR) is 78.4 cm³/mol. The minimum Gasteiger partial charge on any atom is -0.298 e. The molecular weight excluding hydrogens is 276 g/mol. The van der Waals surface area contributed by atoms with Gasteiger partial charge >= 0.3 is 0 Å². The van der Waals surface area contributed by atoms with Gasteiger partial charge in [-0.2, -0.15) is 5.10 Å². The molecule has 20 heavy (non-hydrogen) atoms. The van der Waals surface area contributed by atoms with Gasteiger partial charge in [-0.15, -0.1) is 0 Å². The second-order valence-electron chi connectivity index (χ2n) is 4.89. The molecule has 1 aromatic heterocycles. The molecule has 0 saturated heterocycles. The third-order valence-electron chi connectivity index (χ3n) is 3.47. The van der Waals surface area contributed by atoms with E-state index in [1.807, 2.05) is 35.9 Å². The highest BCUT2D eigenvalue weighted by atomic mass is 32.2. The van der Waals surface area contributed by atoms with Crippen molar-refractivity contribution in [2.45, 2.75) is 32.1 Å². The van der Waals surface area contributed by atoms with E-state index in [1.54, 1.807) is 0 Å². The molecule has 1 atom stereocenters. The Morgan fingerprint density at radius 3 is 2.60 bits per heavy atom. The third-order valence-corrected chi connectivity index (χ3v) is 5.02. The molecule has 6 heteroatoms. The SMILES string of the molecule is CCn1nc(CC(=O)C(C)S(C)(=O)=O)c2ccccc21. The summed E-state index contributed by atoms with van der Waals surface area (Å²) in [5.74, 6) is -0.320. The van der Waals surface area contributed by atoms with Crippen LogP contribution in [0.1, 0.15) is 19.5 Å². The molecule has 1 aromatic carbocycles. The van der Waals surface area contributed by atoms with E-state index in [0.29, 0.717) is 12.2 Å². The number of Topliss-reactive ketones (excluding diaryl/α,β-unsaturated/α-hetero) is 1. The Morgan fingerprint density at radius 2 is 2.00 bits per heavy atom. The maximum atomic E-state index is 12.1. The second-order valence-corrected chi connectivity index (χ2v) is 7.26. The zero-order valence-electron chi connectivity index (χ0n) is 11.8. The number of hydrogen-bond donors (Lipinski definition) is 0. The number of aryl methyl sites for hydroxylation is 1. The topological polar surface area (TPSA) is 69.0 Å². The summed E-state index contributed by atoms with van der Waals surface area (Å²) in [5, 5.41) is 4.33. The summed E-state index contributed by atoms with van der Waals surface area (Å²) in [7, 11) is -3.36. The summed E-state index contributed by atoms with van der Waals surface area (Å²) in [4.78, 5) is 12.1. The highest BCUT2D eigenvalue weighted by molar-refractivity contribution is 7.92. The number of aromatic nitrogens is 2. The summed E-state index contributed by atoms with van der Waals surface area (Å²) < 4.78 is 24.7. The maximum absolute atomic E-state index is 12.1. The number of fused-ring (bicyclic) bond motifs is 1. The van der Waals surface area contributed by atoms with Crippen molar-refractivity contribution >= 4 is 26.5 Å². The van der Waals surface area contributed by atoms with Gasteiger partial charge in [-0.25, -0.2) is 8.42 Å². The van der Waals surface area contributed by atoms with Crippen LogP contribution in [0.5, 0.6) is 0 Å². The quantitative estimate of drug-likeness (QED) is 0.840. The van der Waals surface area contributed by atoms with E-state index < -0.39 is 15.1 Å². The first-order valence-corrected chi connectivity index (χ1v) is 8.46. The highest BCUT2D eigenvalue weighted by Gasteiger charge is 2.25. The van der Waals surface area contributed by atoms with Crippen molar-refractivity contribution in [2.75, 3.05) is 6.26 Å². The second kappa shape index (κ2) is 5.36. The van der Waals surface area contributed by atoms with Gasteiger partial charge < -0.3 is 0 Å². The van der Waals surface area contributed by atoms with Crippen LogP contribution >= 0.6 is 0 Å². The van der Waals surface area contributed by atoms with E-state index in [2.05, 4.69) is 5.10 Å².